The van der Waals surface area contributed by atoms with E-state index in [2.05, 4.69) is 43.5 Å². The molecule has 0 aliphatic heterocycles. The zero-order chi connectivity index (χ0) is 47.1. The lowest BCUT2D eigenvalue weighted by Crippen LogP contribution is -2.45. The molecule has 0 aliphatic rings. The van der Waals surface area contributed by atoms with Gasteiger partial charge in [0.2, 0.25) is 5.91 Å². The highest BCUT2D eigenvalue weighted by molar-refractivity contribution is 7.45. The van der Waals surface area contributed by atoms with Crippen molar-refractivity contribution < 1.29 is 32.9 Å². The minimum atomic E-state index is -4.60. The average Bonchev–Trinajstić information content (AvgIpc) is 3.25. The summed E-state index contributed by atoms with van der Waals surface area (Å²) in [4.78, 5) is 25.4. The highest BCUT2D eigenvalue weighted by Crippen LogP contribution is 2.38. The van der Waals surface area contributed by atoms with Crippen molar-refractivity contribution in [2.75, 3.05) is 40.9 Å². The fourth-order valence-electron chi connectivity index (χ4n) is 8.01. The van der Waals surface area contributed by atoms with Gasteiger partial charge in [0.05, 0.1) is 39.9 Å². The van der Waals surface area contributed by atoms with Crippen molar-refractivity contribution in [1.82, 2.24) is 5.32 Å². The van der Waals surface area contributed by atoms with Crippen LogP contribution in [0.5, 0.6) is 0 Å². The minimum absolute atomic E-state index is 0.00746. The van der Waals surface area contributed by atoms with Gasteiger partial charge < -0.3 is 28.8 Å². The van der Waals surface area contributed by atoms with Gasteiger partial charge in [0.25, 0.3) is 7.82 Å². The molecule has 0 aromatic carbocycles. The molecule has 0 saturated heterocycles. The molecule has 0 rings (SSSR count). The predicted octanol–water partition coefficient (Wildman–Crippen LogP) is 15.6. The van der Waals surface area contributed by atoms with Crippen molar-refractivity contribution in [2.24, 2.45) is 0 Å². The van der Waals surface area contributed by atoms with Crippen molar-refractivity contribution >= 4 is 13.7 Å². The number of quaternary nitrogens is 1. The molecule has 0 radical (unpaired) electrons. The molecule has 0 aromatic rings. The van der Waals surface area contributed by atoms with Gasteiger partial charge in [-0.2, -0.15) is 0 Å². The molecule has 0 aliphatic carbocycles. The fraction of sp³-hybridized carbons (Fsp3) is 0.873. The Morgan fingerprint density at radius 3 is 1.27 bits per heavy atom. The van der Waals surface area contributed by atoms with Crippen LogP contribution in [-0.2, 0) is 18.4 Å². The SMILES string of the molecule is CCCCCCCCCCCCC/C=C/CC/C=C/CC/C=C/C(O)C(COP(=O)([O-])OCC[N+](C)(C)C)NC(=O)CCCCCCCCCCCCCCCCCCCCCCC. The quantitative estimate of drug-likeness (QED) is 0.0272. The van der Waals surface area contributed by atoms with E-state index in [0.29, 0.717) is 17.4 Å². The lowest BCUT2D eigenvalue weighted by Gasteiger charge is -2.29. The summed E-state index contributed by atoms with van der Waals surface area (Å²) in [6, 6.07) is -0.907. The van der Waals surface area contributed by atoms with E-state index in [0.717, 1.165) is 44.9 Å². The number of rotatable bonds is 50. The van der Waals surface area contributed by atoms with Gasteiger partial charge in [-0.1, -0.05) is 243 Å². The Hall–Kier alpha value is -1.28. The molecule has 0 spiro atoms. The molecule has 0 aromatic heterocycles. The molecule has 9 heteroatoms. The third kappa shape index (κ3) is 48.6. The number of unbranched alkanes of at least 4 members (excludes halogenated alkanes) is 33. The van der Waals surface area contributed by atoms with Gasteiger partial charge in [-0.05, 0) is 44.9 Å². The summed E-state index contributed by atoms with van der Waals surface area (Å²) < 4.78 is 23.3. The predicted molar refractivity (Wildman–Crippen MR) is 275 cm³/mol. The van der Waals surface area contributed by atoms with Crippen LogP contribution in [0, 0.1) is 0 Å². The molecule has 3 atom stereocenters. The van der Waals surface area contributed by atoms with E-state index in [1.54, 1.807) is 6.08 Å². The Labute approximate surface area is 397 Å². The number of nitrogens with one attached hydrogen (secondary N) is 1. The Morgan fingerprint density at radius 1 is 0.531 bits per heavy atom. The number of aliphatic hydroxyl groups excluding tert-OH is 1. The van der Waals surface area contributed by atoms with Crippen LogP contribution >= 0.6 is 7.82 Å². The average molecular weight is 923 g/mol. The number of carbonyl (C=O) groups excluding carboxylic acids is 1. The fourth-order valence-corrected chi connectivity index (χ4v) is 8.73. The summed E-state index contributed by atoms with van der Waals surface area (Å²) in [5.74, 6) is -0.207. The van der Waals surface area contributed by atoms with Crippen LogP contribution < -0.4 is 10.2 Å². The Balaban J connectivity index is 4.31. The Morgan fingerprint density at radius 2 is 0.875 bits per heavy atom. The first kappa shape index (κ1) is 62.7. The summed E-state index contributed by atoms with van der Waals surface area (Å²) in [5, 5.41) is 13.8. The van der Waals surface area contributed by atoms with Crippen LogP contribution in [0.2, 0.25) is 0 Å². The number of nitrogens with zero attached hydrogens (tertiary/aromatic N) is 1. The molecule has 378 valence electrons. The minimum Gasteiger partial charge on any atom is -0.756 e. The summed E-state index contributed by atoms with van der Waals surface area (Å²) in [7, 11) is 1.24. The number of phosphoric ester groups is 1. The van der Waals surface area contributed by atoms with E-state index in [-0.39, 0.29) is 12.5 Å². The molecule has 0 saturated carbocycles. The van der Waals surface area contributed by atoms with Crippen molar-refractivity contribution in [3.8, 4) is 0 Å². The van der Waals surface area contributed by atoms with Gasteiger partial charge in [0.15, 0.2) is 0 Å². The normalized spacial score (nSPS) is 14.3. The van der Waals surface area contributed by atoms with Crippen LogP contribution in [0.3, 0.4) is 0 Å². The number of carbonyl (C=O) groups is 1. The molecule has 0 heterocycles. The van der Waals surface area contributed by atoms with Crippen LogP contribution in [-0.4, -0.2) is 68.5 Å². The van der Waals surface area contributed by atoms with E-state index in [1.165, 1.54) is 193 Å². The largest absolute Gasteiger partial charge is 0.756 e. The molecule has 8 nitrogen and oxygen atoms in total. The lowest BCUT2D eigenvalue weighted by atomic mass is 10.0. The molecule has 3 unspecified atom stereocenters. The van der Waals surface area contributed by atoms with E-state index in [9.17, 15) is 19.4 Å². The first-order chi connectivity index (χ1) is 31.0. The van der Waals surface area contributed by atoms with Crippen molar-refractivity contribution in [1.29, 1.82) is 0 Å². The maximum absolute atomic E-state index is 12.9. The smallest absolute Gasteiger partial charge is 0.268 e. The van der Waals surface area contributed by atoms with Crippen molar-refractivity contribution in [2.45, 2.75) is 270 Å². The number of aliphatic hydroxyl groups is 1. The van der Waals surface area contributed by atoms with Gasteiger partial charge in [-0.15, -0.1) is 0 Å². The Bertz CT molecular complexity index is 1140. The van der Waals surface area contributed by atoms with Gasteiger partial charge in [0, 0.05) is 6.42 Å². The summed E-state index contributed by atoms with van der Waals surface area (Å²) in [6.45, 7) is 4.65. The van der Waals surface area contributed by atoms with E-state index in [4.69, 9.17) is 9.05 Å². The van der Waals surface area contributed by atoms with Crippen LogP contribution in [0.25, 0.3) is 0 Å². The Kier molecular flexibility index (Phi) is 45.9. The van der Waals surface area contributed by atoms with Crippen LogP contribution in [0.15, 0.2) is 36.5 Å². The monoisotopic (exact) mass is 923 g/mol. The number of allylic oxidation sites excluding steroid dienone is 5. The second kappa shape index (κ2) is 46.8. The summed E-state index contributed by atoms with van der Waals surface area (Å²) in [5.41, 5.74) is 0. The van der Waals surface area contributed by atoms with Gasteiger partial charge >= 0.3 is 0 Å². The number of hydrogen-bond donors (Lipinski definition) is 2. The molecule has 0 fully saturated rings. The standard InChI is InChI=1S/C55H107N2O6P/c1-6-8-10-12-14-16-18-20-22-24-26-28-30-32-34-36-38-40-42-44-46-48-54(58)53(52-63-64(60,61)62-51-50-57(3,4)5)56-55(59)49-47-45-43-41-39-37-35-33-31-29-27-25-23-21-19-17-15-13-11-9-7-2/h30,32,38,40,46,48,53-54,58H,6-29,31,33-37,39,41-45,47,49-52H2,1-5H3,(H-,56,59,60,61)/b32-30+,40-38+,48-46+. The van der Waals surface area contributed by atoms with Crippen molar-refractivity contribution in [3.05, 3.63) is 36.5 Å². The highest BCUT2D eigenvalue weighted by Gasteiger charge is 2.23. The van der Waals surface area contributed by atoms with Gasteiger partial charge in [-0.3, -0.25) is 9.36 Å². The lowest BCUT2D eigenvalue weighted by molar-refractivity contribution is -0.870. The summed E-state index contributed by atoms with van der Waals surface area (Å²) in [6.07, 6.45) is 59.3. The van der Waals surface area contributed by atoms with Gasteiger partial charge in [-0.25, -0.2) is 0 Å². The second-order valence-electron chi connectivity index (χ2n) is 19.9. The number of hydrogen-bond acceptors (Lipinski definition) is 6. The third-order valence-electron chi connectivity index (χ3n) is 12.3. The first-order valence-corrected chi connectivity index (χ1v) is 28.8. The molecule has 2 N–H and O–H groups in total. The first-order valence-electron chi connectivity index (χ1n) is 27.4. The number of amides is 1. The van der Waals surface area contributed by atoms with Crippen LogP contribution in [0.1, 0.15) is 258 Å². The second-order valence-corrected chi connectivity index (χ2v) is 21.3. The van der Waals surface area contributed by atoms with Crippen molar-refractivity contribution in [3.63, 3.8) is 0 Å². The number of phosphoric acid groups is 1. The molecule has 1 amide bonds. The maximum atomic E-state index is 12.9. The summed E-state index contributed by atoms with van der Waals surface area (Å²) >= 11 is 0. The zero-order valence-corrected chi connectivity index (χ0v) is 43.9. The molecular formula is C55H107N2O6P. The van der Waals surface area contributed by atoms with E-state index < -0.39 is 26.6 Å². The zero-order valence-electron chi connectivity index (χ0n) is 43.0. The third-order valence-corrected chi connectivity index (χ3v) is 13.3. The topological polar surface area (TPSA) is 108 Å². The molecule has 64 heavy (non-hydrogen) atoms. The van der Waals surface area contributed by atoms with E-state index in [1.807, 2.05) is 27.2 Å². The highest BCUT2D eigenvalue weighted by atomic mass is 31.2. The molecule has 0 bridgehead atoms. The van der Waals surface area contributed by atoms with E-state index >= 15 is 0 Å². The number of likely N-dealkylation sites (N-methyl/N-ethyl adjacent to an activating group) is 1. The van der Waals surface area contributed by atoms with Crippen LogP contribution in [0.4, 0.5) is 0 Å². The van der Waals surface area contributed by atoms with Gasteiger partial charge in [0.1, 0.15) is 13.2 Å². The molecular weight excluding hydrogens is 816 g/mol. The maximum Gasteiger partial charge on any atom is 0.268 e.